The van der Waals surface area contributed by atoms with Crippen molar-refractivity contribution in [3.05, 3.63) is 42.0 Å². The maximum absolute atomic E-state index is 12.9. The first kappa shape index (κ1) is 20.5. The van der Waals surface area contributed by atoms with Crippen LogP contribution in [0.5, 0.6) is 0 Å². The molecule has 2 amide bonds. The van der Waals surface area contributed by atoms with Gasteiger partial charge in [0.2, 0.25) is 0 Å². The fourth-order valence-corrected chi connectivity index (χ4v) is 4.00. The number of carbonyl (C=O) groups is 1. The highest BCUT2D eigenvalue weighted by Crippen LogP contribution is 2.34. The second kappa shape index (κ2) is 9.77. The highest BCUT2D eigenvalue weighted by molar-refractivity contribution is 5.89. The number of hydrogen-bond donors (Lipinski definition) is 1. The van der Waals surface area contributed by atoms with E-state index in [1.807, 2.05) is 35.2 Å². The molecule has 2 rings (SSSR count). The molecule has 1 aliphatic carbocycles. The van der Waals surface area contributed by atoms with Crippen LogP contribution in [0.15, 0.2) is 42.0 Å². The van der Waals surface area contributed by atoms with E-state index in [4.69, 9.17) is 0 Å². The SMILES string of the molecule is CC1=C[C@@H](C)[C@@H](CN(CCCN(C)C)C(=O)Nc2ccccc2)[C@@H](C)C1. The fourth-order valence-electron chi connectivity index (χ4n) is 4.00. The number of urea groups is 1. The summed E-state index contributed by atoms with van der Waals surface area (Å²) in [5, 5.41) is 3.07. The summed E-state index contributed by atoms with van der Waals surface area (Å²) in [6.45, 7) is 9.43. The molecule has 3 atom stereocenters. The van der Waals surface area contributed by atoms with Gasteiger partial charge in [-0.2, -0.15) is 0 Å². The molecule has 1 N–H and O–H groups in total. The topological polar surface area (TPSA) is 35.6 Å². The van der Waals surface area contributed by atoms with E-state index in [9.17, 15) is 4.79 Å². The molecule has 144 valence electrons. The lowest BCUT2D eigenvalue weighted by Crippen LogP contribution is -2.43. The molecule has 0 fully saturated rings. The van der Waals surface area contributed by atoms with Crippen molar-refractivity contribution in [2.45, 2.75) is 33.6 Å². The van der Waals surface area contributed by atoms with Gasteiger partial charge in [-0.15, -0.1) is 0 Å². The zero-order valence-corrected chi connectivity index (χ0v) is 17.0. The number of nitrogens with zero attached hydrogens (tertiary/aromatic N) is 2. The van der Waals surface area contributed by atoms with Crippen LogP contribution in [0.2, 0.25) is 0 Å². The molecule has 1 aromatic carbocycles. The molecule has 1 aliphatic rings. The van der Waals surface area contributed by atoms with Gasteiger partial charge in [0.15, 0.2) is 0 Å². The van der Waals surface area contributed by atoms with Gasteiger partial charge in [-0.05, 0) is 70.3 Å². The Bertz CT molecular complexity index is 597. The Labute approximate surface area is 159 Å². The molecule has 0 unspecified atom stereocenters. The summed E-state index contributed by atoms with van der Waals surface area (Å²) in [6, 6.07) is 9.75. The Kier molecular flexibility index (Phi) is 7.70. The molecule has 0 spiro atoms. The zero-order valence-electron chi connectivity index (χ0n) is 17.0. The Morgan fingerprint density at radius 2 is 1.85 bits per heavy atom. The number of anilines is 1. The van der Waals surface area contributed by atoms with Gasteiger partial charge in [0.1, 0.15) is 0 Å². The Balaban J connectivity index is 2.06. The molecule has 0 bridgehead atoms. The summed E-state index contributed by atoms with van der Waals surface area (Å²) in [6.07, 6.45) is 4.51. The standard InChI is InChI=1S/C22H35N3O/c1-17-14-18(2)21(19(3)15-17)16-25(13-9-12-24(4)5)22(26)23-20-10-7-6-8-11-20/h6-8,10-11,14,18-19,21H,9,12-13,15-16H2,1-5H3,(H,23,26)/t18-,19+,21-/m1/s1. The fraction of sp³-hybridized carbons (Fsp3) is 0.591. The van der Waals surface area contributed by atoms with Crippen molar-refractivity contribution in [1.82, 2.24) is 9.80 Å². The summed E-state index contributed by atoms with van der Waals surface area (Å²) in [4.78, 5) is 17.1. The van der Waals surface area contributed by atoms with E-state index >= 15 is 0 Å². The summed E-state index contributed by atoms with van der Waals surface area (Å²) in [5.74, 6) is 1.63. The van der Waals surface area contributed by atoms with E-state index in [0.29, 0.717) is 17.8 Å². The van der Waals surface area contributed by atoms with Gasteiger partial charge in [-0.1, -0.05) is 43.7 Å². The smallest absolute Gasteiger partial charge is 0.321 e. The molecule has 1 aromatic rings. The average molecular weight is 358 g/mol. The quantitative estimate of drug-likeness (QED) is 0.717. The van der Waals surface area contributed by atoms with Gasteiger partial charge >= 0.3 is 6.03 Å². The van der Waals surface area contributed by atoms with Crippen LogP contribution in [0, 0.1) is 17.8 Å². The lowest BCUT2D eigenvalue weighted by Gasteiger charge is -2.37. The van der Waals surface area contributed by atoms with Gasteiger partial charge in [-0.3, -0.25) is 0 Å². The molecule has 0 aromatic heterocycles. The van der Waals surface area contributed by atoms with Gasteiger partial charge < -0.3 is 15.1 Å². The van der Waals surface area contributed by atoms with Crippen LogP contribution in [0.4, 0.5) is 10.5 Å². The number of allylic oxidation sites excluding steroid dienone is 2. The minimum absolute atomic E-state index is 0.0145. The predicted octanol–water partition coefficient (Wildman–Crippen LogP) is 4.71. The van der Waals surface area contributed by atoms with E-state index in [-0.39, 0.29) is 6.03 Å². The Hall–Kier alpha value is -1.81. The molecule has 26 heavy (non-hydrogen) atoms. The minimum atomic E-state index is 0.0145. The van der Waals surface area contributed by atoms with Crippen molar-refractivity contribution >= 4 is 11.7 Å². The summed E-state index contributed by atoms with van der Waals surface area (Å²) in [5.41, 5.74) is 2.34. The lowest BCUT2D eigenvalue weighted by atomic mass is 9.75. The number of para-hydroxylation sites is 1. The third-order valence-corrected chi connectivity index (χ3v) is 5.37. The largest absolute Gasteiger partial charge is 0.324 e. The van der Waals surface area contributed by atoms with Gasteiger partial charge in [-0.25, -0.2) is 4.79 Å². The number of carbonyl (C=O) groups excluding carboxylic acids is 1. The van der Waals surface area contributed by atoms with Crippen LogP contribution in [0.3, 0.4) is 0 Å². The van der Waals surface area contributed by atoms with E-state index in [1.165, 1.54) is 5.57 Å². The van der Waals surface area contributed by atoms with Crippen molar-refractivity contribution in [2.75, 3.05) is 39.0 Å². The van der Waals surface area contributed by atoms with Crippen molar-refractivity contribution in [3.63, 3.8) is 0 Å². The Morgan fingerprint density at radius 1 is 1.15 bits per heavy atom. The average Bonchev–Trinajstić information content (AvgIpc) is 2.56. The first-order valence-electron chi connectivity index (χ1n) is 9.79. The van der Waals surface area contributed by atoms with Crippen LogP contribution >= 0.6 is 0 Å². The third-order valence-electron chi connectivity index (χ3n) is 5.37. The lowest BCUT2D eigenvalue weighted by molar-refractivity contribution is 0.165. The minimum Gasteiger partial charge on any atom is -0.324 e. The highest BCUT2D eigenvalue weighted by Gasteiger charge is 2.30. The van der Waals surface area contributed by atoms with Gasteiger partial charge in [0.05, 0.1) is 0 Å². The molecule has 0 aliphatic heterocycles. The first-order chi connectivity index (χ1) is 12.4. The van der Waals surface area contributed by atoms with E-state index < -0.39 is 0 Å². The number of rotatable bonds is 7. The van der Waals surface area contributed by atoms with Crippen molar-refractivity contribution in [1.29, 1.82) is 0 Å². The van der Waals surface area contributed by atoms with Gasteiger partial charge in [0, 0.05) is 18.8 Å². The number of hydrogen-bond acceptors (Lipinski definition) is 2. The number of amides is 2. The Morgan fingerprint density at radius 3 is 2.46 bits per heavy atom. The molecule has 0 radical (unpaired) electrons. The summed E-state index contributed by atoms with van der Waals surface area (Å²) >= 11 is 0. The normalized spacial score (nSPS) is 22.8. The summed E-state index contributed by atoms with van der Waals surface area (Å²) < 4.78 is 0. The van der Waals surface area contributed by atoms with E-state index in [0.717, 1.165) is 38.2 Å². The maximum atomic E-state index is 12.9. The van der Waals surface area contributed by atoms with Crippen LogP contribution in [-0.4, -0.2) is 49.6 Å². The molecule has 4 heteroatoms. The van der Waals surface area contributed by atoms with Crippen LogP contribution < -0.4 is 5.32 Å². The van der Waals surface area contributed by atoms with Gasteiger partial charge in [0.25, 0.3) is 0 Å². The molecule has 4 nitrogen and oxygen atoms in total. The highest BCUT2D eigenvalue weighted by atomic mass is 16.2. The zero-order chi connectivity index (χ0) is 19.1. The predicted molar refractivity (Wildman–Crippen MR) is 110 cm³/mol. The molecular weight excluding hydrogens is 322 g/mol. The molecule has 0 heterocycles. The first-order valence-corrected chi connectivity index (χ1v) is 9.79. The van der Waals surface area contributed by atoms with Crippen molar-refractivity contribution in [2.24, 2.45) is 17.8 Å². The molecule has 0 saturated heterocycles. The third kappa shape index (κ3) is 6.17. The molecule has 0 saturated carbocycles. The number of nitrogens with one attached hydrogen (secondary N) is 1. The van der Waals surface area contributed by atoms with E-state index in [2.05, 4.69) is 51.2 Å². The summed E-state index contributed by atoms with van der Waals surface area (Å²) in [7, 11) is 4.15. The van der Waals surface area contributed by atoms with Crippen molar-refractivity contribution in [3.8, 4) is 0 Å². The van der Waals surface area contributed by atoms with Crippen molar-refractivity contribution < 1.29 is 4.79 Å². The van der Waals surface area contributed by atoms with E-state index in [1.54, 1.807) is 0 Å². The van der Waals surface area contributed by atoms with Crippen LogP contribution in [0.1, 0.15) is 33.6 Å². The van der Waals surface area contributed by atoms with Crippen LogP contribution in [-0.2, 0) is 0 Å². The number of benzene rings is 1. The molecular formula is C22H35N3O. The van der Waals surface area contributed by atoms with Crippen LogP contribution in [0.25, 0.3) is 0 Å². The monoisotopic (exact) mass is 357 g/mol. The maximum Gasteiger partial charge on any atom is 0.321 e. The second-order valence-electron chi connectivity index (χ2n) is 8.12. The second-order valence-corrected chi connectivity index (χ2v) is 8.12.